The summed E-state index contributed by atoms with van der Waals surface area (Å²) in [6, 6.07) is 12.1. The number of hydrogen-bond acceptors (Lipinski definition) is 4. The van der Waals surface area contributed by atoms with Crippen molar-refractivity contribution >= 4 is 5.69 Å². The van der Waals surface area contributed by atoms with E-state index >= 15 is 0 Å². The van der Waals surface area contributed by atoms with Gasteiger partial charge in [0.15, 0.2) is 0 Å². The van der Waals surface area contributed by atoms with Crippen molar-refractivity contribution in [3.05, 3.63) is 47.8 Å². The summed E-state index contributed by atoms with van der Waals surface area (Å²) >= 11 is 0. The molecule has 0 radical (unpaired) electrons. The summed E-state index contributed by atoms with van der Waals surface area (Å²) in [6.07, 6.45) is 2.04. The van der Waals surface area contributed by atoms with Gasteiger partial charge >= 0.3 is 0 Å². The number of hydrogen-bond donors (Lipinski definition) is 0. The molecule has 1 aromatic carbocycles. The highest BCUT2D eigenvalue weighted by Gasteiger charge is 2.18. The lowest BCUT2D eigenvalue weighted by Crippen LogP contribution is -2.46. The Labute approximate surface area is 131 Å². The van der Waals surface area contributed by atoms with E-state index in [4.69, 9.17) is 5.26 Å². The molecule has 0 atom stereocenters. The Morgan fingerprint density at radius 2 is 1.82 bits per heavy atom. The number of aromatic nitrogens is 2. The van der Waals surface area contributed by atoms with Crippen LogP contribution >= 0.6 is 0 Å². The molecule has 0 amide bonds. The number of nitrogens with zero attached hydrogens (tertiary/aromatic N) is 5. The molecule has 114 valence electrons. The Balaban J connectivity index is 1.54. The molecule has 1 aliphatic heterocycles. The first-order valence-electron chi connectivity index (χ1n) is 7.78. The largest absolute Gasteiger partial charge is 0.369 e. The lowest BCUT2D eigenvalue weighted by Gasteiger charge is -2.35. The van der Waals surface area contributed by atoms with Crippen molar-refractivity contribution in [3.8, 4) is 6.07 Å². The second-order valence-corrected chi connectivity index (χ2v) is 5.58. The van der Waals surface area contributed by atoms with Crippen LogP contribution in [0.15, 0.2) is 36.5 Å². The highest BCUT2D eigenvalue weighted by Crippen LogP contribution is 2.17. The fraction of sp³-hybridized carbons (Fsp3) is 0.412. The fourth-order valence-electron chi connectivity index (χ4n) is 2.80. The Bertz CT molecular complexity index is 644. The molecule has 1 aromatic heterocycles. The Kier molecular flexibility index (Phi) is 4.40. The van der Waals surface area contributed by atoms with E-state index < -0.39 is 0 Å². The summed E-state index contributed by atoms with van der Waals surface area (Å²) in [7, 11) is 0. The molecule has 1 fully saturated rings. The third kappa shape index (κ3) is 3.29. The van der Waals surface area contributed by atoms with Gasteiger partial charge in [-0.25, -0.2) is 0 Å². The van der Waals surface area contributed by atoms with Crippen molar-refractivity contribution in [1.29, 1.82) is 5.26 Å². The molecule has 2 aromatic rings. The molecule has 0 bridgehead atoms. The van der Waals surface area contributed by atoms with Gasteiger partial charge in [-0.1, -0.05) is 0 Å². The van der Waals surface area contributed by atoms with Gasteiger partial charge in [-0.3, -0.25) is 9.58 Å². The van der Waals surface area contributed by atoms with Crippen molar-refractivity contribution in [2.24, 2.45) is 0 Å². The van der Waals surface area contributed by atoms with E-state index in [1.807, 2.05) is 35.1 Å². The van der Waals surface area contributed by atoms with Gasteiger partial charge in [0.2, 0.25) is 0 Å². The first-order chi connectivity index (χ1) is 10.8. The van der Waals surface area contributed by atoms with Crippen LogP contribution in [0.4, 0.5) is 5.69 Å². The van der Waals surface area contributed by atoms with Crippen molar-refractivity contribution in [3.63, 3.8) is 0 Å². The number of piperazine rings is 1. The minimum atomic E-state index is 0.717. The van der Waals surface area contributed by atoms with E-state index in [9.17, 15) is 0 Å². The minimum Gasteiger partial charge on any atom is -0.369 e. The van der Waals surface area contributed by atoms with Crippen LogP contribution in [0.25, 0.3) is 0 Å². The maximum absolute atomic E-state index is 8.86. The standard InChI is InChI=1S/C17H21N5/c1-2-22-8-7-16(19-22)14-20-9-11-21(12-10-20)17-5-3-15(13-18)4-6-17/h3-8H,2,9-12,14H2,1H3. The van der Waals surface area contributed by atoms with Gasteiger partial charge in [0, 0.05) is 51.2 Å². The van der Waals surface area contributed by atoms with Gasteiger partial charge in [0.05, 0.1) is 17.3 Å². The summed E-state index contributed by atoms with van der Waals surface area (Å²) in [4.78, 5) is 4.82. The minimum absolute atomic E-state index is 0.717. The Morgan fingerprint density at radius 3 is 2.41 bits per heavy atom. The summed E-state index contributed by atoms with van der Waals surface area (Å²) in [5.74, 6) is 0. The summed E-state index contributed by atoms with van der Waals surface area (Å²) < 4.78 is 1.97. The molecule has 0 spiro atoms. The molecule has 5 nitrogen and oxygen atoms in total. The number of nitriles is 1. The van der Waals surface area contributed by atoms with Crippen molar-refractivity contribution in [1.82, 2.24) is 14.7 Å². The van der Waals surface area contributed by atoms with Crippen LogP contribution in [-0.4, -0.2) is 40.9 Å². The zero-order valence-electron chi connectivity index (χ0n) is 12.9. The molecule has 0 saturated carbocycles. The van der Waals surface area contributed by atoms with Crippen LogP contribution in [0.5, 0.6) is 0 Å². The van der Waals surface area contributed by atoms with Gasteiger partial charge in [-0.15, -0.1) is 0 Å². The number of anilines is 1. The van der Waals surface area contributed by atoms with Gasteiger partial charge < -0.3 is 4.90 Å². The van der Waals surface area contributed by atoms with Gasteiger partial charge in [0.1, 0.15) is 0 Å². The lowest BCUT2D eigenvalue weighted by molar-refractivity contribution is 0.246. The molecule has 5 heteroatoms. The molecule has 22 heavy (non-hydrogen) atoms. The number of aryl methyl sites for hydroxylation is 1. The molecule has 1 saturated heterocycles. The molecular weight excluding hydrogens is 274 g/mol. The number of rotatable bonds is 4. The van der Waals surface area contributed by atoms with Gasteiger partial charge in [-0.2, -0.15) is 10.4 Å². The lowest BCUT2D eigenvalue weighted by atomic mass is 10.2. The summed E-state index contributed by atoms with van der Waals surface area (Å²) in [6.45, 7) is 8.06. The van der Waals surface area contributed by atoms with Crippen LogP contribution in [0.2, 0.25) is 0 Å². The van der Waals surface area contributed by atoms with Crippen LogP contribution in [0.1, 0.15) is 18.2 Å². The molecule has 0 N–H and O–H groups in total. The Hall–Kier alpha value is -2.32. The zero-order chi connectivity index (χ0) is 15.4. The summed E-state index contributed by atoms with van der Waals surface area (Å²) in [5.41, 5.74) is 3.07. The van der Waals surface area contributed by atoms with E-state index in [2.05, 4.69) is 34.0 Å². The maximum atomic E-state index is 8.86. The normalized spacial score (nSPS) is 15.7. The molecule has 1 aliphatic rings. The zero-order valence-corrected chi connectivity index (χ0v) is 12.9. The second-order valence-electron chi connectivity index (χ2n) is 5.58. The molecule has 2 heterocycles. The predicted octanol–water partition coefficient (Wildman–Crippen LogP) is 2.10. The van der Waals surface area contributed by atoms with Crippen molar-refractivity contribution < 1.29 is 0 Å². The van der Waals surface area contributed by atoms with E-state index in [0.29, 0.717) is 5.56 Å². The van der Waals surface area contributed by atoms with E-state index in [-0.39, 0.29) is 0 Å². The molecular formula is C17H21N5. The predicted molar refractivity (Wildman–Crippen MR) is 86.5 cm³/mol. The quantitative estimate of drug-likeness (QED) is 0.866. The topological polar surface area (TPSA) is 48.1 Å². The van der Waals surface area contributed by atoms with Crippen LogP contribution < -0.4 is 4.90 Å². The van der Waals surface area contributed by atoms with Crippen LogP contribution in [0, 0.1) is 11.3 Å². The highest BCUT2D eigenvalue weighted by atomic mass is 15.3. The highest BCUT2D eigenvalue weighted by molar-refractivity contribution is 5.50. The monoisotopic (exact) mass is 295 g/mol. The fourth-order valence-corrected chi connectivity index (χ4v) is 2.80. The second kappa shape index (κ2) is 6.63. The first kappa shape index (κ1) is 14.6. The third-order valence-electron chi connectivity index (χ3n) is 4.14. The van der Waals surface area contributed by atoms with Crippen LogP contribution in [-0.2, 0) is 13.1 Å². The average Bonchev–Trinajstić information content (AvgIpc) is 3.03. The molecule has 3 rings (SSSR count). The third-order valence-corrected chi connectivity index (χ3v) is 4.14. The van der Waals surface area contributed by atoms with Crippen molar-refractivity contribution in [2.45, 2.75) is 20.0 Å². The molecule has 0 unspecified atom stereocenters. The van der Waals surface area contributed by atoms with E-state index in [0.717, 1.165) is 45.0 Å². The average molecular weight is 295 g/mol. The van der Waals surface area contributed by atoms with Gasteiger partial charge in [-0.05, 0) is 37.3 Å². The van der Waals surface area contributed by atoms with Gasteiger partial charge in [0.25, 0.3) is 0 Å². The molecule has 0 aliphatic carbocycles. The Morgan fingerprint density at radius 1 is 1.09 bits per heavy atom. The van der Waals surface area contributed by atoms with E-state index in [1.54, 1.807) is 0 Å². The van der Waals surface area contributed by atoms with Crippen LogP contribution in [0.3, 0.4) is 0 Å². The number of benzene rings is 1. The first-order valence-corrected chi connectivity index (χ1v) is 7.78. The van der Waals surface area contributed by atoms with E-state index in [1.165, 1.54) is 5.69 Å². The summed E-state index contributed by atoms with van der Waals surface area (Å²) in [5, 5.41) is 13.4. The smallest absolute Gasteiger partial charge is 0.0991 e. The van der Waals surface area contributed by atoms with Crippen molar-refractivity contribution in [2.75, 3.05) is 31.1 Å². The maximum Gasteiger partial charge on any atom is 0.0991 e. The SMILES string of the molecule is CCn1ccc(CN2CCN(c3ccc(C#N)cc3)CC2)n1.